The Hall–Kier alpha value is -3.62. The number of carbonyl (C=O) groups excluding carboxylic acids is 2. The monoisotopic (exact) mass is 408 g/mol. The average Bonchev–Trinajstić information content (AvgIpc) is 3.35. The van der Waals surface area contributed by atoms with Gasteiger partial charge in [-0.2, -0.15) is 4.68 Å². The van der Waals surface area contributed by atoms with Crippen molar-refractivity contribution in [3.05, 3.63) is 65.2 Å². The van der Waals surface area contributed by atoms with Gasteiger partial charge in [-0.25, -0.2) is 4.39 Å². The molecule has 1 aliphatic heterocycles. The van der Waals surface area contributed by atoms with E-state index in [0.29, 0.717) is 11.5 Å². The topological polar surface area (TPSA) is 93.0 Å². The van der Waals surface area contributed by atoms with Gasteiger partial charge < -0.3 is 10.2 Å². The summed E-state index contributed by atoms with van der Waals surface area (Å²) in [5.41, 5.74) is 3.67. The van der Waals surface area contributed by atoms with Gasteiger partial charge in [0.1, 0.15) is 5.82 Å². The Morgan fingerprint density at radius 3 is 2.60 bits per heavy atom. The highest BCUT2D eigenvalue weighted by Crippen LogP contribution is 2.25. The van der Waals surface area contributed by atoms with E-state index in [1.165, 1.54) is 34.7 Å². The van der Waals surface area contributed by atoms with Crippen LogP contribution >= 0.6 is 0 Å². The van der Waals surface area contributed by atoms with Crippen LogP contribution in [-0.4, -0.2) is 38.6 Å². The van der Waals surface area contributed by atoms with Crippen LogP contribution in [0, 0.1) is 25.6 Å². The fourth-order valence-electron chi connectivity index (χ4n) is 3.44. The molecule has 30 heavy (non-hydrogen) atoms. The maximum atomic E-state index is 13.1. The minimum Gasteiger partial charge on any atom is -0.348 e. The van der Waals surface area contributed by atoms with Crippen molar-refractivity contribution in [2.45, 2.75) is 26.8 Å². The van der Waals surface area contributed by atoms with Crippen LogP contribution in [0.1, 0.15) is 23.4 Å². The summed E-state index contributed by atoms with van der Waals surface area (Å²) < 4.78 is 14.7. The van der Waals surface area contributed by atoms with E-state index in [-0.39, 0.29) is 37.1 Å². The standard InChI is InChI=1S/C21H21FN6O2/c1-13-3-6-18(9-14(13)2)28-19(24-25-26-28)11-23-21(30)15-10-20(29)27(12-15)17-7-4-16(22)5-8-17/h3-9,15H,10-12H2,1-2H3,(H,23,30)/t15-/m1/s1. The molecule has 0 spiro atoms. The highest BCUT2D eigenvalue weighted by molar-refractivity contribution is 6.00. The van der Waals surface area contributed by atoms with Crippen molar-refractivity contribution in [3.8, 4) is 5.69 Å². The van der Waals surface area contributed by atoms with Gasteiger partial charge in [-0.3, -0.25) is 9.59 Å². The first-order valence-corrected chi connectivity index (χ1v) is 9.61. The van der Waals surface area contributed by atoms with Crippen LogP contribution in [0.2, 0.25) is 0 Å². The van der Waals surface area contributed by atoms with Crippen LogP contribution in [0.15, 0.2) is 42.5 Å². The molecule has 2 amide bonds. The summed E-state index contributed by atoms with van der Waals surface area (Å²) >= 11 is 0. The van der Waals surface area contributed by atoms with Gasteiger partial charge in [-0.1, -0.05) is 6.07 Å². The van der Waals surface area contributed by atoms with E-state index in [4.69, 9.17) is 0 Å². The average molecular weight is 408 g/mol. The predicted octanol–water partition coefficient (Wildman–Crippen LogP) is 2.09. The zero-order chi connectivity index (χ0) is 21.3. The molecule has 0 unspecified atom stereocenters. The highest BCUT2D eigenvalue weighted by atomic mass is 19.1. The van der Waals surface area contributed by atoms with E-state index in [1.807, 2.05) is 32.0 Å². The third-order valence-electron chi connectivity index (χ3n) is 5.32. The van der Waals surface area contributed by atoms with E-state index in [9.17, 15) is 14.0 Å². The van der Waals surface area contributed by atoms with Gasteiger partial charge in [0.15, 0.2) is 5.82 Å². The molecule has 1 saturated heterocycles. The van der Waals surface area contributed by atoms with Crippen LogP contribution in [0.4, 0.5) is 10.1 Å². The molecule has 0 bridgehead atoms. The van der Waals surface area contributed by atoms with Crippen LogP contribution in [-0.2, 0) is 16.1 Å². The third kappa shape index (κ3) is 3.91. The summed E-state index contributed by atoms with van der Waals surface area (Å²) in [7, 11) is 0. The van der Waals surface area contributed by atoms with Gasteiger partial charge in [0, 0.05) is 18.7 Å². The molecule has 1 aliphatic rings. The number of rotatable bonds is 5. The first-order chi connectivity index (χ1) is 14.4. The SMILES string of the molecule is Cc1ccc(-n2nnnc2CNC(=O)[C@@H]2CC(=O)N(c3ccc(F)cc3)C2)cc1C. The quantitative estimate of drug-likeness (QED) is 0.698. The maximum Gasteiger partial charge on any atom is 0.227 e. The van der Waals surface area contributed by atoms with Crippen molar-refractivity contribution in [1.82, 2.24) is 25.5 Å². The minimum absolute atomic E-state index is 0.102. The molecule has 1 atom stereocenters. The minimum atomic E-state index is -0.492. The molecule has 0 saturated carbocycles. The number of aromatic nitrogens is 4. The second kappa shape index (κ2) is 8.02. The summed E-state index contributed by atoms with van der Waals surface area (Å²) in [5.74, 6) is -0.787. The molecule has 2 aromatic carbocycles. The van der Waals surface area contributed by atoms with E-state index in [1.54, 1.807) is 4.68 Å². The number of hydrogen-bond acceptors (Lipinski definition) is 5. The van der Waals surface area contributed by atoms with Crippen LogP contribution in [0.5, 0.6) is 0 Å². The smallest absolute Gasteiger partial charge is 0.227 e. The Bertz CT molecular complexity index is 1100. The molecule has 8 nitrogen and oxygen atoms in total. The summed E-state index contributed by atoms with van der Waals surface area (Å²) in [6, 6.07) is 11.5. The fraction of sp³-hybridized carbons (Fsp3) is 0.286. The fourth-order valence-corrected chi connectivity index (χ4v) is 3.44. The zero-order valence-corrected chi connectivity index (χ0v) is 16.7. The molecule has 1 aromatic heterocycles. The van der Waals surface area contributed by atoms with Gasteiger partial charge in [0.2, 0.25) is 11.8 Å². The summed E-state index contributed by atoms with van der Waals surface area (Å²) in [6.07, 6.45) is 0.102. The number of nitrogens with one attached hydrogen (secondary N) is 1. The summed E-state index contributed by atoms with van der Waals surface area (Å²) in [4.78, 5) is 26.5. The molecular weight excluding hydrogens is 387 g/mol. The molecule has 9 heteroatoms. The van der Waals surface area contributed by atoms with Crippen molar-refractivity contribution in [3.63, 3.8) is 0 Å². The molecular formula is C21H21FN6O2. The lowest BCUT2D eigenvalue weighted by Crippen LogP contribution is -2.33. The number of benzene rings is 2. The molecule has 0 aliphatic carbocycles. The zero-order valence-electron chi connectivity index (χ0n) is 16.7. The number of nitrogens with zero attached hydrogens (tertiary/aromatic N) is 5. The van der Waals surface area contributed by atoms with Gasteiger partial charge in [-0.05, 0) is 71.8 Å². The van der Waals surface area contributed by atoms with Crippen LogP contribution in [0.25, 0.3) is 5.69 Å². The number of hydrogen-bond donors (Lipinski definition) is 1. The van der Waals surface area contributed by atoms with Crippen LogP contribution in [0.3, 0.4) is 0 Å². The lowest BCUT2D eigenvalue weighted by atomic mass is 10.1. The normalized spacial score (nSPS) is 16.2. The van der Waals surface area contributed by atoms with Crippen molar-refractivity contribution in [2.24, 2.45) is 5.92 Å². The van der Waals surface area contributed by atoms with Gasteiger partial charge in [0.05, 0.1) is 18.2 Å². The molecule has 1 fully saturated rings. The largest absolute Gasteiger partial charge is 0.348 e. The number of amides is 2. The number of halogens is 1. The first kappa shape index (κ1) is 19.7. The Morgan fingerprint density at radius 2 is 1.87 bits per heavy atom. The number of anilines is 1. The van der Waals surface area contributed by atoms with E-state index in [0.717, 1.165) is 11.3 Å². The summed E-state index contributed by atoms with van der Waals surface area (Å²) in [6.45, 7) is 4.42. The van der Waals surface area contributed by atoms with Gasteiger partial charge in [0.25, 0.3) is 0 Å². The first-order valence-electron chi connectivity index (χ1n) is 9.61. The van der Waals surface area contributed by atoms with Crippen molar-refractivity contribution >= 4 is 17.5 Å². The predicted molar refractivity (Wildman–Crippen MR) is 107 cm³/mol. The Morgan fingerprint density at radius 1 is 1.13 bits per heavy atom. The number of carbonyl (C=O) groups is 2. The van der Waals surface area contributed by atoms with E-state index in [2.05, 4.69) is 20.8 Å². The summed E-state index contributed by atoms with van der Waals surface area (Å²) in [5, 5.41) is 14.6. The lowest BCUT2D eigenvalue weighted by molar-refractivity contribution is -0.126. The molecule has 0 radical (unpaired) electrons. The highest BCUT2D eigenvalue weighted by Gasteiger charge is 2.35. The molecule has 2 heterocycles. The molecule has 3 aromatic rings. The van der Waals surface area contributed by atoms with E-state index < -0.39 is 5.92 Å². The second-order valence-electron chi connectivity index (χ2n) is 7.38. The second-order valence-corrected chi connectivity index (χ2v) is 7.38. The van der Waals surface area contributed by atoms with Crippen molar-refractivity contribution < 1.29 is 14.0 Å². The van der Waals surface area contributed by atoms with Crippen LogP contribution < -0.4 is 10.2 Å². The molecule has 4 rings (SSSR count). The Balaban J connectivity index is 1.41. The van der Waals surface area contributed by atoms with E-state index >= 15 is 0 Å². The van der Waals surface area contributed by atoms with Crippen molar-refractivity contribution in [1.29, 1.82) is 0 Å². The lowest BCUT2D eigenvalue weighted by Gasteiger charge is -2.16. The van der Waals surface area contributed by atoms with Gasteiger partial charge >= 0.3 is 0 Å². The number of aryl methyl sites for hydroxylation is 2. The Labute approximate surface area is 172 Å². The molecule has 1 N–H and O–H groups in total. The van der Waals surface area contributed by atoms with Gasteiger partial charge in [-0.15, -0.1) is 5.10 Å². The maximum absolute atomic E-state index is 13.1. The number of tetrazole rings is 1. The molecule has 154 valence electrons. The third-order valence-corrected chi connectivity index (χ3v) is 5.32. The van der Waals surface area contributed by atoms with Crippen molar-refractivity contribution in [2.75, 3.05) is 11.4 Å². The Kier molecular flexibility index (Phi) is 5.26.